The number of nitrogen functional groups attached to an aromatic ring is 1. The van der Waals surface area contributed by atoms with Gasteiger partial charge in [-0.3, -0.25) is 0 Å². The van der Waals surface area contributed by atoms with Crippen molar-refractivity contribution < 1.29 is 0 Å². The van der Waals surface area contributed by atoms with Crippen LogP contribution in [0.4, 0.5) is 5.69 Å². The van der Waals surface area contributed by atoms with Crippen LogP contribution in [0, 0.1) is 6.07 Å². The molecule has 0 unspecified atom stereocenters. The molecule has 0 aliphatic heterocycles. The quantitative estimate of drug-likeness (QED) is 0.651. The van der Waals surface area contributed by atoms with Gasteiger partial charge < -0.3 is 5.73 Å². The maximum Gasteiger partial charge on any atom is 0.0400 e. The lowest BCUT2D eigenvalue weighted by atomic mass is 10.1. The third kappa shape index (κ3) is 1.70. The van der Waals surface area contributed by atoms with Crippen molar-refractivity contribution >= 4 is 5.69 Å². The van der Waals surface area contributed by atoms with Crippen molar-refractivity contribution in [3.63, 3.8) is 0 Å². The lowest BCUT2D eigenvalue weighted by Gasteiger charge is -2.01. The van der Waals surface area contributed by atoms with Crippen molar-refractivity contribution in [2.75, 3.05) is 5.73 Å². The normalized spacial score (nSPS) is 9.85. The summed E-state index contributed by atoms with van der Waals surface area (Å²) in [4.78, 5) is 0. The Labute approximate surface area is 77.8 Å². The van der Waals surface area contributed by atoms with E-state index in [0.717, 1.165) is 5.56 Å². The van der Waals surface area contributed by atoms with Gasteiger partial charge in [-0.25, -0.2) is 0 Å². The first-order valence-electron chi connectivity index (χ1n) is 4.19. The molecule has 1 radical (unpaired) electrons. The van der Waals surface area contributed by atoms with Crippen molar-refractivity contribution in [1.82, 2.24) is 0 Å². The van der Waals surface area contributed by atoms with Gasteiger partial charge in [0.15, 0.2) is 0 Å². The van der Waals surface area contributed by atoms with Crippen LogP contribution in [0.1, 0.15) is 0 Å². The second kappa shape index (κ2) is 3.31. The van der Waals surface area contributed by atoms with Gasteiger partial charge in [0.1, 0.15) is 0 Å². The summed E-state index contributed by atoms with van der Waals surface area (Å²) < 4.78 is 0. The van der Waals surface area contributed by atoms with E-state index in [4.69, 9.17) is 5.73 Å². The van der Waals surface area contributed by atoms with Crippen LogP contribution in [0.15, 0.2) is 48.5 Å². The lowest BCUT2D eigenvalue weighted by Crippen LogP contribution is -1.84. The van der Waals surface area contributed by atoms with Crippen molar-refractivity contribution in [3.8, 4) is 11.1 Å². The second-order valence-corrected chi connectivity index (χ2v) is 2.90. The van der Waals surface area contributed by atoms with E-state index < -0.39 is 0 Å². The zero-order chi connectivity index (χ0) is 9.10. The standard InChI is InChI=1S/C12H10N/c13-12-8-4-7-11(9-12)10-5-2-1-3-6-10/h1-7,9H,13H2. The Balaban J connectivity index is 2.48. The largest absolute Gasteiger partial charge is 0.398 e. The summed E-state index contributed by atoms with van der Waals surface area (Å²) in [6.45, 7) is 0. The Morgan fingerprint density at radius 2 is 1.69 bits per heavy atom. The van der Waals surface area contributed by atoms with Gasteiger partial charge >= 0.3 is 0 Å². The van der Waals surface area contributed by atoms with Crippen LogP contribution in [0.5, 0.6) is 0 Å². The Morgan fingerprint density at radius 3 is 2.38 bits per heavy atom. The molecule has 0 spiro atoms. The minimum Gasteiger partial charge on any atom is -0.398 e. The third-order valence-electron chi connectivity index (χ3n) is 1.93. The molecule has 0 atom stereocenters. The van der Waals surface area contributed by atoms with Gasteiger partial charge in [-0.2, -0.15) is 0 Å². The van der Waals surface area contributed by atoms with E-state index >= 15 is 0 Å². The van der Waals surface area contributed by atoms with E-state index in [0.29, 0.717) is 5.69 Å². The average molecular weight is 168 g/mol. The van der Waals surface area contributed by atoms with Crippen LogP contribution in [-0.4, -0.2) is 0 Å². The molecular weight excluding hydrogens is 158 g/mol. The second-order valence-electron chi connectivity index (χ2n) is 2.90. The van der Waals surface area contributed by atoms with Gasteiger partial charge in [0.25, 0.3) is 0 Å². The summed E-state index contributed by atoms with van der Waals surface area (Å²) in [6, 6.07) is 18.9. The fourth-order valence-corrected chi connectivity index (χ4v) is 1.30. The molecule has 1 nitrogen and oxygen atoms in total. The number of benzene rings is 2. The zero-order valence-corrected chi connectivity index (χ0v) is 7.20. The Kier molecular flexibility index (Phi) is 2.01. The molecule has 2 rings (SSSR count). The molecule has 2 aromatic carbocycles. The molecule has 0 amide bonds. The minimum absolute atomic E-state index is 0.682. The topological polar surface area (TPSA) is 26.0 Å². The average Bonchev–Trinajstić information content (AvgIpc) is 2.19. The molecule has 0 heterocycles. The van der Waals surface area contributed by atoms with Crippen LogP contribution < -0.4 is 5.73 Å². The fraction of sp³-hybridized carbons (Fsp3) is 0. The summed E-state index contributed by atoms with van der Waals surface area (Å²) in [7, 11) is 0. The Morgan fingerprint density at radius 1 is 0.923 bits per heavy atom. The number of nitrogens with two attached hydrogens (primary N) is 1. The maximum atomic E-state index is 5.64. The van der Waals surface area contributed by atoms with Gasteiger partial charge in [-0.15, -0.1) is 0 Å². The van der Waals surface area contributed by atoms with E-state index in [-0.39, 0.29) is 0 Å². The molecule has 0 fully saturated rings. The molecule has 0 aliphatic carbocycles. The SMILES string of the molecule is Nc1[c]ccc(-c2ccccc2)c1. The number of hydrogen-bond donors (Lipinski definition) is 1. The van der Waals surface area contributed by atoms with Crippen LogP contribution in [0.25, 0.3) is 11.1 Å². The lowest BCUT2D eigenvalue weighted by molar-refractivity contribution is 1.61. The van der Waals surface area contributed by atoms with Crippen LogP contribution in [-0.2, 0) is 0 Å². The van der Waals surface area contributed by atoms with Crippen LogP contribution >= 0.6 is 0 Å². The smallest absolute Gasteiger partial charge is 0.0400 e. The van der Waals surface area contributed by atoms with Gasteiger partial charge in [-0.05, 0) is 17.2 Å². The van der Waals surface area contributed by atoms with Crippen LogP contribution in [0.2, 0.25) is 0 Å². The number of anilines is 1. The Bertz CT molecular complexity index is 393. The predicted octanol–water partition coefficient (Wildman–Crippen LogP) is 2.74. The molecule has 0 aromatic heterocycles. The first-order chi connectivity index (χ1) is 6.36. The molecule has 0 saturated carbocycles. The van der Waals surface area contributed by atoms with Crippen LogP contribution in [0.3, 0.4) is 0 Å². The molecule has 2 N–H and O–H groups in total. The third-order valence-corrected chi connectivity index (χ3v) is 1.93. The monoisotopic (exact) mass is 168 g/mol. The highest BCUT2D eigenvalue weighted by molar-refractivity contribution is 5.66. The zero-order valence-electron chi connectivity index (χ0n) is 7.20. The maximum absolute atomic E-state index is 5.64. The number of rotatable bonds is 1. The Hall–Kier alpha value is -1.76. The first kappa shape index (κ1) is 7.87. The van der Waals surface area contributed by atoms with E-state index in [1.54, 1.807) is 0 Å². The van der Waals surface area contributed by atoms with Gasteiger partial charge in [-0.1, -0.05) is 42.5 Å². The molecule has 0 saturated heterocycles. The van der Waals surface area contributed by atoms with E-state index in [1.165, 1.54) is 5.56 Å². The molecule has 2 aromatic rings. The summed E-state index contributed by atoms with van der Waals surface area (Å²) in [5.41, 5.74) is 8.64. The van der Waals surface area contributed by atoms with Gasteiger partial charge in [0.05, 0.1) is 0 Å². The van der Waals surface area contributed by atoms with E-state index in [1.807, 2.05) is 36.4 Å². The molecule has 63 valence electrons. The molecule has 0 aliphatic rings. The van der Waals surface area contributed by atoms with Crippen molar-refractivity contribution in [3.05, 3.63) is 54.6 Å². The van der Waals surface area contributed by atoms with Crippen molar-refractivity contribution in [2.24, 2.45) is 0 Å². The summed E-state index contributed by atoms with van der Waals surface area (Å²) in [6.07, 6.45) is 0. The van der Waals surface area contributed by atoms with E-state index in [2.05, 4.69) is 18.2 Å². The van der Waals surface area contributed by atoms with E-state index in [9.17, 15) is 0 Å². The summed E-state index contributed by atoms with van der Waals surface area (Å²) >= 11 is 0. The number of hydrogen-bond acceptors (Lipinski definition) is 1. The summed E-state index contributed by atoms with van der Waals surface area (Å²) in [5.74, 6) is 0. The first-order valence-corrected chi connectivity index (χ1v) is 4.19. The highest BCUT2D eigenvalue weighted by Gasteiger charge is 1.95. The van der Waals surface area contributed by atoms with Gasteiger partial charge in [0, 0.05) is 11.8 Å². The predicted molar refractivity (Wildman–Crippen MR) is 55.1 cm³/mol. The fourth-order valence-electron chi connectivity index (χ4n) is 1.30. The van der Waals surface area contributed by atoms with Crippen molar-refractivity contribution in [2.45, 2.75) is 0 Å². The van der Waals surface area contributed by atoms with Crippen molar-refractivity contribution in [1.29, 1.82) is 0 Å². The minimum atomic E-state index is 0.682. The highest BCUT2D eigenvalue weighted by Crippen LogP contribution is 2.20. The molecule has 1 heteroatoms. The summed E-state index contributed by atoms with van der Waals surface area (Å²) in [5, 5.41) is 0. The van der Waals surface area contributed by atoms with Gasteiger partial charge in [0.2, 0.25) is 0 Å². The molecule has 13 heavy (non-hydrogen) atoms. The molecular formula is C12H10N. The highest BCUT2D eigenvalue weighted by atomic mass is 14.5. The molecule has 0 bridgehead atoms.